The van der Waals surface area contributed by atoms with E-state index in [9.17, 15) is 19.5 Å². The number of carbonyl (C=O) groups excluding carboxylic acids is 3. The van der Waals surface area contributed by atoms with Crippen LogP contribution in [0.3, 0.4) is 0 Å². The molecule has 0 heterocycles. The molecule has 0 radical (unpaired) electrons. The molecular weight excluding hydrogens is 679 g/mol. The van der Waals surface area contributed by atoms with Gasteiger partial charge in [0.1, 0.15) is 12.6 Å². The highest BCUT2D eigenvalue weighted by Crippen LogP contribution is 2.16. The number of rotatable bonds is 42. The third kappa shape index (κ3) is 36.0. The summed E-state index contributed by atoms with van der Waals surface area (Å²) in [4.78, 5) is 36.8. The first-order valence-corrected chi connectivity index (χ1v) is 23.1. The molecule has 0 aliphatic carbocycles. The first-order chi connectivity index (χ1) is 26.1. The lowest BCUT2D eigenvalue weighted by Gasteiger charge is -2.34. The zero-order chi connectivity index (χ0) is 40.0. The van der Waals surface area contributed by atoms with Crippen LogP contribution in [0.1, 0.15) is 226 Å². The Bertz CT molecular complexity index is 858. The molecule has 0 rings (SSSR count). The molecule has 0 aromatic rings. The van der Waals surface area contributed by atoms with E-state index in [2.05, 4.69) is 13.8 Å². The molecule has 0 aromatic carbocycles. The van der Waals surface area contributed by atoms with Crippen molar-refractivity contribution in [1.82, 2.24) is 0 Å². The van der Waals surface area contributed by atoms with E-state index in [1.807, 2.05) is 0 Å². The fraction of sp³-hybridized carbons (Fsp3) is 0.935. The Morgan fingerprint density at radius 3 is 1.15 bits per heavy atom. The van der Waals surface area contributed by atoms with Crippen LogP contribution in [0.25, 0.3) is 0 Å². The van der Waals surface area contributed by atoms with Gasteiger partial charge in [-0.25, -0.2) is 0 Å². The Morgan fingerprint density at radius 1 is 0.481 bits per heavy atom. The van der Waals surface area contributed by atoms with Gasteiger partial charge in [-0.05, 0) is 12.8 Å². The quantitative estimate of drug-likeness (QED) is 0.0346. The second-order valence-electron chi connectivity index (χ2n) is 17.0. The number of ether oxygens (including phenoxy) is 3. The highest BCUT2D eigenvalue weighted by atomic mass is 16.6. The standard InChI is InChI=1S/C46H89NO7/c1-6-8-10-12-14-16-18-20-21-22-23-24-25-27-29-31-33-35-37-45(49)54-42(40-52-39-38-43(46(50)51)47(3,4)5)41-53-44(48)36-34-32-30-28-26-19-17-15-13-11-9-7-2/h42-43H,6-41H2,1-5H3. The minimum Gasteiger partial charge on any atom is -0.544 e. The first kappa shape index (κ1) is 52.3. The average molecular weight is 768 g/mol. The second kappa shape index (κ2) is 38.2. The second-order valence-corrected chi connectivity index (χ2v) is 17.0. The van der Waals surface area contributed by atoms with Gasteiger partial charge < -0.3 is 28.6 Å². The summed E-state index contributed by atoms with van der Waals surface area (Å²) in [5.41, 5.74) is 0. The molecule has 0 spiro atoms. The predicted octanol–water partition coefficient (Wildman–Crippen LogP) is 11.2. The van der Waals surface area contributed by atoms with Crippen molar-refractivity contribution in [2.24, 2.45) is 0 Å². The number of hydrogen-bond acceptors (Lipinski definition) is 7. The van der Waals surface area contributed by atoms with Gasteiger partial charge in [-0.15, -0.1) is 0 Å². The van der Waals surface area contributed by atoms with Crippen LogP contribution in [-0.4, -0.2) is 75.5 Å². The van der Waals surface area contributed by atoms with Crippen molar-refractivity contribution in [3.63, 3.8) is 0 Å². The summed E-state index contributed by atoms with van der Waals surface area (Å²) >= 11 is 0. The maximum atomic E-state index is 12.7. The molecule has 0 aromatic heterocycles. The molecule has 54 heavy (non-hydrogen) atoms. The Hall–Kier alpha value is -1.67. The third-order valence-corrected chi connectivity index (χ3v) is 10.7. The molecule has 320 valence electrons. The van der Waals surface area contributed by atoms with Gasteiger partial charge in [0, 0.05) is 19.3 Å². The number of carboxylic acid groups (broad SMARTS) is 1. The SMILES string of the molecule is CCCCCCCCCCCCCCCCCCCCC(=O)OC(COCCC(C(=O)[O-])[N+](C)(C)C)COC(=O)CCCCCCCCCCCCCC. The molecule has 0 N–H and O–H groups in total. The molecular formula is C46H89NO7. The first-order valence-electron chi connectivity index (χ1n) is 23.1. The molecule has 0 fully saturated rings. The van der Waals surface area contributed by atoms with Gasteiger partial charge in [-0.2, -0.15) is 0 Å². The summed E-state index contributed by atoms with van der Waals surface area (Å²) in [6.45, 7) is 4.70. The lowest BCUT2D eigenvalue weighted by atomic mass is 10.0. The molecule has 0 saturated carbocycles. The Labute approximate surface area is 334 Å². The van der Waals surface area contributed by atoms with E-state index in [1.54, 1.807) is 21.1 Å². The summed E-state index contributed by atoms with van der Waals surface area (Å²) in [6, 6.07) is -0.719. The number of aliphatic carboxylic acids is 1. The number of esters is 2. The number of unbranched alkanes of at least 4 members (excludes halogenated alkanes) is 28. The summed E-state index contributed by atoms with van der Waals surface area (Å²) in [6.07, 6.45) is 38.3. The minimum atomic E-state index is -1.12. The van der Waals surface area contributed by atoms with E-state index in [1.165, 1.54) is 154 Å². The molecule has 0 bridgehead atoms. The molecule has 2 unspecified atom stereocenters. The Morgan fingerprint density at radius 2 is 0.815 bits per heavy atom. The molecule has 0 aliphatic rings. The summed E-state index contributed by atoms with van der Waals surface area (Å²) < 4.78 is 17.2. The van der Waals surface area contributed by atoms with Crippen molar-refractivity contribution >= 4 is 17.9 Å². The van der Waals surface area contributed by atoms with Crippen LogP contribution < -0.4 is 5.11 Å². The van der Waals surface area contributed by atoms with Crippen molar-refractivity contribution in [1.29, 1.82) is 0 Å². The third-order valence-electron chi connectivity index (χ3n) is 10.7. The van der Waals surface area contributed by atoms with Gasteiger partial charge in [0.25, 0.3) is 0 Å². The molecule has 8 heteroatoms. The maximum Gasteiger partial charge on any atom is 0.306 e. The largest absolute Gasteiger partial charge is 0.544 e. The number of quaternary nitrogens is 1. The van der Waals surface area contributed by atoms with Crippen molar-refractivity contribution < 1.29 is 38.2 Å². The maximum absolute atomic E-state index is 12.7. The van der Waals surface area contributed by atoms with Gasteiger partial charge in [-0.3, -0.25) is 9.59 Å². The molecule has 2 atom stereocenters. The van der Waals surface area contributed by atoms with Crippen LogP contribution >= 0.6 is 0 Å². The van der Waals surface area contributed by atoms with Gasteiger partial charge in [0.15, 0.2) is 6.10 Å². The highest BCUT2D eigenvalue weighted by molar-refractivity contribution is 5.70. The van der Waals surface area contributed by atoms with Gasteiger partial charge >= 0.3 is 11.9 Å². The molecule has 0 amide bonds. The summed E-state index contributed by atoms with van der Waals surface area (Å²) in [5.74, 6) is -1.71. The van der Waals surface area contributed by atoms with E-state index in [-0.39, 0.29) is 42.7 Å². The predicted molar refractivity (Wildman–Crippen MR) is 222 cm³/mol. The Balaban J connectivity index is 4.25. The van der Waals surface area contributed by atoms with Gasteiger partial charge in [0.2, 0.25) is 0 Å². The number of nitrogens with zero attached hydrogens (tertiary/aromatic N) is 1. The number of hydrogen-bond donors (Lipinski definition) is 0. The lowest BCUT2D eigenvalue weighted by molar-refractivity contribution is -0.889. The number of likely N-dealkylation sites (N-methyl/N-ethyl adjacent to an activating group) is 1. The van der Waals surface area contributed by atoms with Crippen LogP contribution in [0.4, 0.5) is 0 Å². The van der Waals surface area contributed by atoms with E-state index >= 15 is 0 Å². The van der Waals surface area contributed by atoms with Crippen LogP contribution in [0.5, 0.6) is 0 Å². The minimum absolute atomic E-state index is 0.0493. The van der Waals surface area contributed by atoms with Crippen LogP contribution in [0.2, 0.25) is 0 Å². The summed E-state index contributed by atoms with van der Waals surface area (Å²) in [5, 5.41) is 11.6. The highest BCUT2D eigenvalue weighted by Gasteiger charge is 2.25. The zero-order valence-corrected chi connectivity index (χ0v) is 36.4. The molecule has 0 aliphatic heterocycles. The van der Waals surface area contributed by atoms with Gasteiger partial charge in [-0.1, -0.05) is 194 Å². The van der Waals surface area contributed by atoms with E-state index < -0.39 is 18.1 Å². The van der Waals surface area contributed by atoms with E-state index in [4.69, 9.17) is 14.2 Å². The van der Waals surface area contributed by atoms with Gasteiger partial charge in [0.05, 0.1) is 40.3 Å². The number of carboxylic acids is 1. The van der Waals surface area contributed by atoms with Crippen molar-refractivity contribution in [2.75, 3.05) is 41.0 Å². The smallest absolute Gasteiger partial charge is 0.306 e. The fourth-order valence-corrected chi connectivity index (χ4v) is 7.13. The van der Waals surface area contributed by atoms with E-state index in [0.717, 1.165) is 38.5 Å². The fourth-order valence-electron chi connectivity index (χ4n) is 7.13. The van der Waals surface area contributed by atoms with E-state index in [0.29, 0.717) is 12.8 Å². The molecule has 8 nitrogen and oxygen atoms in total. The van der Waals surface area contributed by atoms with Crippen molar-refractivity contribution in [2.45, 2.75) is 238 Å². The van der Waals surface area contributed by atoms with Crippen molar-refractivity contribution in [3.8, 4) is 0 Å². The Kier molecular flexibility index (Phi) is 37.0. The van der Waals surface area contributed by atoms with Crippen LogP contribution in [-0.2, 0) is 28.6 Å². The monoisotopic (exact) mass is 768 g/mol. The normalized spacial score (nSPS) is 12.8. The number of carbonyl (C=O) groups is 3. The molecule has 0 saturated heterocycles. The van der Waals surface area contributed by atoms with Crippen LogP contribution in [0, 0.1) is 0 Å². The zero-order valence-electron chi connectivity index (χ0n) is 36.4. The summed E-state index contributed by atoms with van der Waals surface area (Å²) in [7, 11) is 5.42. The van der Waals surface area contributed by atoms with Crippen molar-refractivity contribution in [3.05, 3.63) is 0 Å². The van der Waals surface area contributed by atoms with Crippen LogP contribution in [0.15, 0.2) is 0 Å². The lowest BCUT2D eigenvalue weighted by Crippen LogP contribution is -2.55. The average Bonchev–Trinajstić information content (AvgIpc) is 3.12. The topological polar surface area (TPSA) is 102 Å².